The summed E-state index contributed by atoms with van der Waals surface area (Å²) < 4.78 is 23.5. The maximum Gasteiger partial charge on any atom is 0.270 e. The van der Waals surface area contributed by atoms with Crippen LogP contribution in [0.1, 0.15) is 12.8 Å². The van der Waals surface area contributed by atoms with Gasteiger partial charge in [-0.15, -0.1) is 0 Å². The van der Waals surface area contributed by atoms with Crippen LogP contribution in [0.4, 0.5) is 8.78 Å². The average molecular weight is 133 g/mol. The highest BCUT2D eigenvalue weighted by atomic mass is 19.3. The van der Waals surface area contributed by atoms with Gasteiger partial charge in [-0.3, -0.25) is 0 Å². The minimum atomic E-state index is -1.50. The van der Waals surface area contributed by atoms with E-state index in [2.05, 4.69) is 5.32 Å². The molecular weight excluding hydrogens is 124 g/mol. The minimum Gasteiger partial charge on any atom is -0.313 e. The summed E-state index contributed by atoms with van der Waals surface area (Å²) in [7, 11) is 0. The maximum absolute atomic E-state index is 11.8. The van der Waals surface area contributed by atoms with E-state index in [0.29, 0.717) is 13.0 Å². The third kappa shape index (κ3) is 1.75. The van der Waals surface area contributed by atoms with Crippen LogP contribution in [-0.2, 0) is 0 Å². The zero-order valence-corrected chi connectivity index (χ0v) is 5.08. The average Bonchev–Trinajstić information content (AvgIpc) is 1.90. The van der Waals surface area contributed by atoms with E-state index in [0.717, 1.165) is 13.0 Å². The molecule has 1 N–H and O–H groups in total. The number of piperidine rings is 1. The van der Waals surface area contributed by atoms with E-state index in [-0.39, 0.29) is 5.57 Å². The van der Waals surface area contributed by atoms with Crippen molar-refractivity contribution >= 4 is 0 Å². The summed E-state index contributed by atoms with van der Waals surface area (Å²) in [5.41, 5.74) is 0.279. The molecule has 0 saturated carbocycles. The summed E-state index contributed by atoms with van der Waals surface area (Å²) in [4.78, 5) is 0. The molecule has 0 amide bonds. The van der Waals surface area contributed by atoms with Gasteiger partial charge in [0.2, 0.25) is 0 Å². The number of hydrogen-bond acceptors (Lipinski definition) is 1. The first-order valence-corrected chi connectivity index (χ1v) is 3.04. The fraction of sp³-hybridized carbons (Fsp3) is 0.667. The second kappa shape index (κ2) is 2.92. The molecule has 1 fully saturated rings. The van der Waals surface area contributed by atoms with Gasteiger partial charge in [-0.1, -0.05) is 0 Å². The Morgan fingerprint density at radius 1 is 1.44 bits per heavy atom. The predicted octanol–water partition coefficient (Wildman–Crippen LogP) is 1.52. The second-order valence-electron chi connectivity index (χ2n) is 2.14. The van der Waals surface area contributed by atoms with Crippen LogP contribution in [0.25, 0.3) is 0 Å². The van der Waals surface area contributed by atoms with Crippen molar-refractivity contribution in [3.05, 3.63) is 11.7 Å². The smallest absolute Gasteiger partial charge is 0.270 e. The lowest BCUT2D eigenvalue weighted by atomic mass is 10.1. The highest BCUT2D eigenvalue weighted by molar-refractivity contribution is 5.06. The Balaban J connectivity index is 2.49. The lowest BCUT2D eigenvalue weighted by Crippen LogP contribution is -2.24. The van der Waals surface area contributed by atoms with E-state index in [1.54, 1.807) is 0 Å². The summed E-state index contributed by atoms with van der Waals surface area (Å²) in [5, 5.41) is 2.88. The monoisotopic (exact) mass is 133 g/mol. The van der Waals surface area contributed by atoms with E-state index >= 15 is 0 Å². The van der Waals surface area contributed by atoms with Gasteiger partial charge in [0.1, 0.15) is 0 Å². The molecule has 0 aliphatic carbocycles. The van der Waals surface area contributed by atoms with Crippen LogP contribution < -0.4 is 5.32 Å². The van der Waals surface area contributed by atoms with Gasteiger partial charge in [0.25, 0.3) is 6.08 Å². The van der Waals surface area contributed by atoms with Crippen molar-refractivity contribution in [2.24, 2.45) is 0 Å². The Labute approximate surface area is 52.7 Å². The normalized spacial score (nSPS) is 20.0. The molecule has 0 atom stereocenters. The molecule has 1 aliphatic heterocycles. The van der Waals surface area contributed by atoms with E-state index in [4.69, 9.17) is 0 Å². The molecule has 52 valence electrons. The van der Waals surface area contributed by atoms with Gasteiger partial charge in [0, 0.05) is 12.1 Å². The van der Waals surface area contributed by atoms with Crippen LogP contribution >= 0.6 is 0 Å². The molecule has 0 radical (unpaired) electrons. The molecule has 0 aromatic heterocycles. The molecule has 0 aromatic rings. The molecule has 3 heteroatoms. The molecule has 0 spiro atoms. The Bertz CT molecular complexity index is 119. The molecule has 0 unspecified atom stereocenters. The lowest BCUT2D eigenvalue weighted by molar-refractivity contribution is 0.396. The van der Waals surface area contributed by atoms with Gasteiger partial charge in [0.15, 0.2) is 0 Å². The highest BCUT2D eigenvalue weighted by Gasteiger charge is 2.09. The molecule has 0 aromatic carbocycles. The van der Waals surface area contributed by atoms with Crippen LogP contribution in [0.3, 0.4) is 0 Å². The molecule has 1 rings (SSSR count). The Kier molecular flexibility index (Phi) is 2.16. The Morgan fingerprint density at radius 3 is 2.56 bits per heavy atom. The van der Waals surface area contributed by atoms with Gasteiger partial charge >= 0.3 is 0 Å². The molecule has 1 aliphatic rings. The number of nitrogens with one attached hydrogen (secondary N) is 1. The second-order valence-corrected chi connectivity index (χ2v) is 2.14. The minimum absolute atomic E-state index is 0.279. The first-order chi connectivity index (χ1) is 4.30. The standard InChI is InChI=1S/C6H9F2N/c7-6(8)5-2-1-3-9-4-5/h9H,1-4H2. The number of halogens is 2. The fourth-order valence-corrected chi connectivity index (χ4v) is 0.916. The zero-order chi connectivity index (χ0) is 6.69. The van der Waals surface area contributed by atoms with Crippen molar-refractivity contribution in [3.63, 3.8) is 0 Å². The summed E-state index contributed by atoms with van der Waals surface area (Å²) in [6, 6.07) is 0. The van der Waals surface area contributed by atoms with Gasteiger partial charge in [-0.05, 0) is 19.4 Å². The van der Waals surface area contributed by atoms with Crippen molar-refractivity contribution in [2.75, 3.05) is 13.1 Å². The molecule has 1 nitrogen and oxygen atoms in total. The van der Waals surface area contributed by atoms with Crippen molar-refractivity contribution in [3.8, 4) is 0 Å². The van der Waals surface area contributed by atoms with Crippen LogP contribution in [-0.4, -0.2) is 13.1 Å². The van der Waals surface area contributed by atoms with Gasteiger partial charge in [-0.25, -0.2) is 0 Å². The largest absolute Gasteiger partial charge is 0.313 e. The Morgan fingerprint density at radius 2 is 2.22 bits per heavy atom. The molecule has 0 bridgehead atoms. The van der Waals surface area contributed by atoms with Crippen LogP contribution in [0.5, 0.6) is 0 Å². The van der Waals surface area contributed by atoms with Crippen LogP contribution in [0.15, 0.2) is 11.7 Å². The van der Waals surface area contributed by atoms with E-state index < -0.39 is 6.08 Å². The molecule has 1 saturated heterocycles. The number of hydrogen-bond donors (Lipinski definition) is 1. The molecule has 1 heterocycles. The van der Waals surface area contributed by atoms with Gasteiger partial charge in [-0.2, -0.15) is 8.78 Å². The van der Waals surface area contributed by atoms with E-state index in [9.17, 15) is 8.78 Å². The number of rotatable bonds is 0. The third-order valence-electron chi connectivity index (χ3n) is 1.44. The fourth-order valence-electron chi connectivity index (χ4n) is 0.916. The first kappa shape index (κ1) is 6.68. The van der Waals surface area contributed by atoms with Crippen molar-refractivity contribution in [1.82, 2.24) is 5.32 Å². The summed E-state index contributed by atoms with van der Waals surface area (Å²) in [6.07, 6.45) is -0.0932. The van der Waals surface area contributed by atoms with Crippen LogP contribution in [0, 0.1) is 0 Å². The zero-order valence-electron chi connectivity index (χ0n) is 5.08. The van der Waals surface area contributed by atoms with Gasteiger partial charge in [0.05, 0.1) is 0 Å². The van der Waals surface area contributed by atoms with E-state index in [1.165, 1.54) is 0 Å². The van der Waals surface area contributed by atoms with Gasteiger partial charge < -0.3 is 5.32 Å². The molecular formula is C6H9F2N. The van der Waals surface area contributed by atoms with Crippen molar-refractivity contribution in [1.29, 1.82) is 0 Å². The topological polar surface area (TPSA) is 12.0 Å². The van der Waals surface area contributed by atoms with Crippen molar-refractivity contribution < 1.29 is 8.78 Å². The first-order valence-electron chi connectivity index (χ1n) is 3.04. The quantitative estimate of drug-likeness (QED) is 0.528. The van der Waals surface area contributed by atoms with Crippen LogP contribution in [0.2, 0.25) is 0 Å². The lowest BCUT2D eigenvalue weighted by Gasteiger charge is -2.13. The summed E-state index contributed by atoms with van der Waals surface area (Å²) in [5.74, 6) is 0. The predicted molar refractivity (Wildman–Crippen MR) is 31.3 cm³/mol. The van der Waals surface area contributed by atoms with E-state index in [1.807, 2.05) is 0 Å². The third-order valence-corrected chi connectivity index (χ3v) is 1.44. The SMILES string of the molecule is FC(F)=C1CCCNC1. The summed E-state index contributed by atoms with van der Waals surface area (Å²) in [6.45, 7) is 1.25. The van der Waals surface area contributed by atoms with Crippen molar-refractivity contribution in [2.45, 2.75) is 12.8 Å². The maximum atomic E-state index is 11.8. The molecule has 9 heavy (non-hydrogen) atoms. The highest BCUT2D eigenvalue weighted by Crippen LogP contribution is 2.15. The Hall–Kier alpha value is -0.440. The summed E-state index contributed by atoms with van der Waals surface area (Å²) >= 11 is 0.